The summed E-state index contributed by atoms with van der Waals surface area (Å²) >= 11 is 0. The summed E-state index contributed by atoms with van der Waals surface area (Å²) in [5.74, 6) is -1.39. The van der Waals surface area contributed by atoms with Gasteiger partial charge in [0, 0.05) is 6.07 Å². The summed E-state index contributed by atoms with van der Waals surface area (Å²) in [7, 11) is 0. The second-order valence-corrected chi connectivity index (χ2v) is 3.87. The lowest BCUT2D eigenvalue weighted by Gasteiger charge is -2.07. The number of hydrogen-bond donors (Lipinski definition) is 0. The molecule has 0 fully saturated rings. The van der Waals surface area contributed by atoms with E-state index in [1.54, 1.807) is 6.07 Å². The van der Waals surface area contributed by atoms with Gasteiger partial charge in [-0.25, -0.2) is 18.7 Å². The molecule has 0 bridgehead atoms. The van der Waals surface area contributed by atoms with Crippen LogP contribution < -0.4 is 4.74 Å². The molecule has 5 heteroatoms. The van der Waals surface area contributed by atoms with Crippen molar-refractivity contribution in [3.05, 3.63) is 60.4 Å². The first kappa shape index (κ1) is 11.5. The van der Waals surface area contributed by atoms with E-state index in [2.05, 4.69) is 9.97 Å². The van der Waals surface area contributed by atoms with Gasteiger partial charge in [0.15, 0.2) is 11.6 Å². The van der Waals surface area contributed by atoms with Gasteiger partial charge in [0.2, 0.25) is 5.88 Å². The number of hydrogen-bond acceptors (Lipinski definition) is 3. The van der Waals surface area contributed by atoms with E-state index in [9.17, 15) is 8.78 Å². The fourth-order valence-electron chi connectivity index (χ4n) is 1.71. The van der Waals surface area contributed by atoms with E-state index in [1.807, 2.05) is 18.2 Å². The van der Waals surface area contributed by atoms with Gasteiger partial charge in [0.25, 0.3) is 0 Å². The SMILES string of the molecule is Fc1ccc(Oc2ncnc3ccccc23)cc1F. The molecule has 2 aromatic carbocycles. The number of rotatable bonds is 2. The molecule has 3 rings (SSSR count). The van der Waals surface area contributed by atoms with E-state index < -0.39 is 11.6 Å². The van der Waals surface area contributed by atoms with Gasteiger partial charge in [-0.2, -0.15) is 0 Å². The van der Waals surface area contributed by atoms with Crippen LogP contribution in [0.15, 0.2) is 48.8 Å². The number of fused-ring (bicyclic) bond motifs is 1. The first-order valence-corrected chi connectivity index (χ1v) is 5.57. The quantitative estimate of drug-likeness (QED) is 0.703. The van der Waals surface area contributed by atoms with Gasteiger partial charge in [-0.05, 0) is 24.3 Å². The number of benzene rings is 2. The molecule has 0 unspecified atom stereocenters. The Kier molecular flexibility index (Phi) is 2.79. The van der Waals surface area contributed by atoms with Gasteiger partial charge in [0.05, 0.1) is 10.9 Å². The molecule has 0 saturated heterocycles. The normalized spacial score (nSPS) is 10.6. The van der Waals surface area contributed by atoms with Crippen molar-refractivity contribution in [2.24, 2.45) is 0 Å². The standard InChI is InChI=1S/C14H8F2N2O/c15-11-6-5-9(7-12(11)16)19-14-10-3-1-2-4-13(10)17-8-18-14/h1-8H. The van der Waals surface area contributed by atoms with Gasteiger partial charge >= 0.3 is 0 Å². The maximum Gasteiger partial charge on any atom is 0.230 e. The highest BCUT2D eigenvalue weighted by atomic mass is 19.2. The van der Waals surface area contributed by atoms with Crippen molar-refractivity contribution in [2.45, 2.75) is 0 Å². The van der Waals surface area contributed by atoms with Crippen LogP contribution in [0.4, 0.5) is 8.78 Å². The number of nitrogens with zero attached hydrogens (tertiary/aromatic N) is 2. The van der Waals surface area contributed by atoms with Crippen molar-refractivity contribution in [3.63, 3.8) is 0 Å². The minimum Gasteiger partial charge on any atom is -0.438 e. The molecule has 0 radical (unpaired) electrons. The van der Waals surface area contributed by atoms with Crippen molar-refractivity contribution in [1.82, 2.24) is 9.97 Å². The third-order valence-corrected chi connectivity index (χ3v) is 2.61. The average molecular weight is 258 g/mol. The van der Waals surface area contributed by atoms with Crippen molar-refractivity contribution >= 4 is 10.9 Å². The van der Waals surface area contributed by atoms with Crippen LogP contribution in [0.5, 0.6) is 11.6 Å². The van der Waals surface area contributed by atoms with Gasteiger partial charge in [-0.15, -0.1) is 0 Å². The predicted octanol–water partition coefficient (Wildman–Crippen LogP) is 3.70. The highest BCUT2D eigenvalue weighted by Crippen LogP contribution is 2.27. The lowest BCUT2D eigenvalue weighted by molar-refractivity contribution is 0.451. The van der Waals surface area contributed by atoms with E-state index in [0.29, 0.717) is 11.3 Å². The van der Waals surface area contributed by atoms with Crippen LogP contribution in [0.3, 0.4) is 0 Å². The fourth-order valence-corrected chi connectivity index (χ4v) is 1.71. The van der Waals surface area contributed by atoms with Crippen LogP contribution >= 0.6 is 0 Å². The zero-order chi connectivity index (χ0) is 13.2. The Morgan fingerprint density at radius 3 is 2.58 bits per heavy atom. The second kappa shape index (κ2) is 4.61. The van der Waals surface area contributed by atoms with Crippen molar-refractivity contribution in [3.8, 4) is 11.6 Å². The topological polar surface area (TPSA) is 35.0 Å². The third kappa shape index (κ3) is 2.22. The molecular weight excluding hydrogens is 250 g/mol. The smallest absolute Gasteiger partial charge is 0.230 e. The molecule has 0 amide bonds. The Labute approximate surface area is 107 Å². The highest BCUT2D eigenvalue weighted by Gasteiger charge is 2.08. The highest BCUT2D eigenvalue weighted by molar-refractivity contribution is 5.83. The molecule has 1 heterocycles. The Hall–Kier alpha value is -2.56. The maximum absolute atomic E-state index is 13.1. The summed E-state index contributed by atoms with van der Waals surface area (Å²) in [4.78, 5) is 8.09. The molecule has 19 heavy (non-hydrogen) atoms. The monoisotopic (exact) mass is 258 g/mol. The number of halogens is 2. The lowest BCUT2D eigenvalue weighted by Crippen LogP contribution is -1.92. The van der Waals surface area contributed by atoms with Crippen LogP contribution in [0.25, 0.3) is 10.9 Å². The number of ether oxygens (including phenoxy) is 1. The molecule has 0 spiro atoms. The lowest BCUT2D eigenvalue weighted by atomic mass is 10.2. The first-order chi connectivity index (χ1) is 9.24. The Balaban J connectivity index is 2.03. The molecule has 3 nitrogen and oxygen atoms in total. The molecule has 1 aromatic heterocycles. The van der Waals surface area contributed by atoms with Crippen molar-refractivity contribution in [2.75, 3.05) is 0 Å². The van der Waals surface area contributed by atoms with Crippen LogP contribution in [-0.4, -0.2) is 9.97 Å². The maximum atomic E-state index is 13.1. The molecular formula is C14H8F2N2O. The van der Waals surface area contributed by atoms with E-state index >= 15 is 0 Å². The minimum absolute atomic E-state index is 0.183. The summed E-state index contributed by atoms with van der Waals surface area (Å²) in [6.07, 6.45) is 1.36. The van der Waals surface area contributed by atoms with Crippen molar-refractivity contribution in [1.29, 1.82) is 0 Å². The zero-order valence-electron chi connectivity index (χ0n) is 9.68. The Morgan fingerprint density at radius 2 is 1.74 bits per heavy atom. The number of para-hydroxylation sites is 1. The summed E-state index contributed by atoms with van der Waals surface area (Å²) in [6.45, 7) is 0. The zero-order valence-corrected chi connectivity index (χ0v) is 9.68. The van der Waals surface area contributed by atoms with Crippen molar-refractivity contribution < 1.29 is 13.5 Å². The Bertz CT molecular complexity index is 741. The third-order valence-electron chi connectivity index (χ3n) is 2.61. The van der Waals surface area contributed by atoms with E-state index in [0.717, 1.165) is 17.6 Å². The minimum atomic E-state index is -0.962. The first-order valence-electron chi connectivity index (χ1n) is 5.57. The van der Waals surface area contributed by atoms with Crippen LogP contribution in [-0.2, 0) is 0 Å². The average Bonchev–Trinajstić information content (AvgIpc) is 2.43. The van der Waals surface area contributed by atoms with Crippen LogP contribution in [0, 0.1) is 11.6 Å². The summed E-state index contributed by atoms with van der Waals surface area (Å²) in [5.41, 5.74) is 0.718. The molecule has 0 atom stereocenters. The molecule has 0 saturated carbocycles. The largest absolute Gasteiger partial charge is 0.438 e. The van der Waals surface area contributed by atoms with Gasteiger partial charge in [-0.3, -0.25) is 0 Å². The summed E-state index contributed by atoms with van der Waals surface area (Å²) in [5, 5.41) is 0.703. The Morgan fingerprint density at radius 1 is 0.895 bits per heavy atom. The van der Waals surface area contributed by atoms with E-state index in [-0.39, 0.29) is 5.75 Å². The molecule has 94 valence electrons. The van der Waals surface area contributed by atoms with E-state index in [4.69, 9.17) is 4.74 Å². The molecule has 0 aliphatic carbocycles. The van der Waals surface area contributed by atoms with Gasteiger partial charge < -0.3 is 4.74 Å². The number of aromatic nitrogens is 2. The second-order valence-electron chi connectivity index (χ2n) is 3.87. The van der Waals surface area contributed by atoms with Gasteiger partial charge in [-0.1, -0.05) is 12.1 Å². The summed E-state index contributed by atoms with van der Waals surface area (Å²) < 4.78 is 31.4. The fraction of sp³-hybridized carbons (Fsp3) is 0. The molecule has 0 aliphatic heterocycles. The van der Waals surface area contributed by atoms with Crippen LogP contribution in [0.1, 0.15) is 0 Å². The molecule has 0 N–H and O–H groups in total. The van der Waals surface area contributed by atoms with E-state index in [1.165, 1.54) is 12.4 Å². The van der Waals surface area contributed by atoms with Gasteiger partial charge in [0.1, 0.15) is 12.1 Å². The predicted molar refractivity (Wildman–Crippen MR) is 66.0 cm³/mol. The molecule has 0 aliphatic rings. The summed E-state index contributed by atoms with van der Waals surface area (Å²) in [6, 6.07) is 10.6. The molecule has 3 aromatic rings. The van der Waals surface area contributed by atoms with Crippen LogP contribution in [0.2, 0.25) is 0 Å².